The highest BCUT2D eigenvalue weighted by molar-refractivity contribution is 5.99. The molecule has 5 rings (SSSR count). The quantitative estimate of drug-likeness (QED) is 0.216. The van der Waals surface area contributed by atoms with E-state index < -0.39 is 11.9 Å². The number of nitrogens with zero attached hydrogens (tertiary/aromatic N) is 4. The van der Waals surface area contributed by atoms with E-state index >= 15 is 0 Å². The molecule has 11 heteroatoms. The van der Waals surface area contributed by atoms with E-state index in [4.69, 9.17) is 15.6 Å². The lowest BCUT2D eigenvalue weighted by Crippen LogP contribution is -2.29. The van der Waals surface area contributed by atoms with Crippen LogP contribution in [0.1, 0.15) is 29.0 Å². The van der Waals surface area contributed by atoms with Crippen LogP contribution in [0.2, 0.25) is 0 Å². The van der Waals surface area contributed by atoms with E-state index in [-0.39, 0.29) is 36.0 Å². The number of carbonyl (C=O) groups excluding carboxylic acids is 1. The van der Waals surface area contributed by atoms with Crippen LogP contribution in [0.5, 0.6) is 5.88 Å². The summed E-state index contributed by atoms with van der Waals surface area (Å²) in [7, 11) is 1.55. The van der Waals surface area contributed by atoms with Crippen LogP contribution in [0.3, 0.4) is 0 Å². The molecular weight excluding hydrogens is 522 g/mol. The second kappa shape index (κ2) is 11.8. The number of para-hydroxylation sites is 1. The lowest BCUT2D eigenvalue weighted by molar-refractivity contribution is 0.0945. The molecule has 0 aliphatic carbocycles. The Bertz CT molecular complexity index is 1770. The van der Waals surface area contributed by atoms with Crippen LogP contribution in [-0.2, 0) is 0 Å². The van der Waals surface area contributed by atoms with Gasteiger partial charge in [0.2, 0.25) is 11.8 Å². The number of methoxy groups -OCH3 is 1. The minimum atomic E-state index is -0.504. The lowest BCUT2D eigenvalue weighted by atomic mass is 9.98. The lowest BCUT2D eigenvalue weighted by Gasteiger charge is -2.23. The van der Waals surface area contributed by atoms with E-state index in [0.717, 1.165) is 16.5 Å². The Kier molecular flexibility index (Phi) is 7.88. The standard InChI is InChI=1S/C30H29N7O4/c1-18(35-27-23(17-34-30(31)36-27)28(39)33-13-14-38)24-15-20-7-6-10-22(19-11-12-32-25(16-19)41-2)26(20)29(40)37(24)21-8-4-3-5-9-21/h3-12,15-18,38H,13-14H2,1-2H3,(H,33,39)(H3,31,34,35,36). The summed E-state index contributed by atoms with van der Waals surface area (Å²) in [5, 5.41) is 16.2. The van der Waals surface area contributed by atoms with Gasteiger partial charge < -0.3 is 26.2 Å². The average molecular weight is 552 g/mol. The van der Waals surface area contributed by atoms with Gasteiger partial charge in [0.05, 0.1) is 25.1 Å². The Morgan fingerprint density at radius 1 is 1.10 bits per heavy atom. The number of carbonyl (C=O) groups is 1. The third-order valence-corrected chi connectivity index (χ3v) is 6.59. The maximum atomic E-state index is 14.4. The first-order valence-corrected chi connectivity index (χ1v) is 12.9. The number of nitrogens with one attached hydrogen (secondary N) is 2. The number of hydrogen-bond acceptors (Lipinski definition) is 9. The predicted octanol–water partition coefficient (Wildman–Crippen LogP) is 3.33. The van der Waals surface area contributed by atoms with E-state index in [2.05, 4.69) is 25.6 Å². The molecule has 5 N–H and O–H groups in total. The van der Waals surface area contributed by atoms with Gasteiger partial charge in [0, 0.05) is 36.4 Å². The molecule has 3 aromatic heterocycles. The molecule has 0 fully saturated rings. The van der Waals surface area contributed by atoms with Crippen molar-refractivity contribution in [2.45, 2.75) is 13.0 Å². The first-order chi connectivity index (χ1) is 19.9. The minimum Gasteiger partial charge on any atom is -0.481 e. The fourth-order valence-corrected chi connectivity index (χ4v) is 4.69. The number of nitrogens with two attached hydrogens (primary N) is 1. The van der Waals surface area contributed by atoms with Crippen molar-refractivity contribution < 1.29 is 14.6 Å². The first-order valence-electron chi connectivity index (χ1n) is 12.9. The van der Waals surface area contributed by atoms with Crippen molar-refractivity contribution in [2.24, 2.45) is 0 Å². The molecular formula is C30H29N7O4. The molecule has 1 amide bonds. The summed E-state index contributed by atoms with van der Waals surface area (Å²) >= 11 is 0. The first kappa shape index (κ1) is 27.3. The summed E-state index contributed by atoms with van der Waals surface area (Å²) in [6.07, 6.45) is 2.97. The predicted molar refractivity (Wildman–Crippen MR) is 157 cm³/mol. The van der Waals surface area contributed by atoms with Crippen molar-refractivity contribution in [3.8, 4) is 22.7 Å². The molecule has 0 saturated heterocycles. The Labute approximate surface area is 235 Å². The van der Waals surface area contributed by atoms with Gasteiger partial charge in [0.15, 0.2) is 0 Å². The van der Waals surface area contributed by atoms with Crippen LogP contribution in [0.25, 0.3) is 27.6 Å². The molecule has 0 aliphatic rings. The number of hydrogen-bond donors (Lipinski definition) is 4. The van der Waals surface area contributed by atoms with Gasteiger partial charge in [-0.2, -0.15) is 4.98 Å². The number of pyridine rings is 2. The highest BCUT2D eigenvalue weighted by Gasteiger charge is 2.22. The topological polar surface area (TPSA) is 157 Å². The van der Waals surface area contributed by atoms with Crippen molar-refractivity contribution in [1.29, 1.82) is 0 Å². The zero-order valence-electron chi connectivity index (χ0n) is 22.5. The van der Waals surface area contributed by atoms with Gasteiger partial charge in [-0.3, -0.25) is 14.2 Å². The van der Waals surface area contributed by atoms with Crippen molar-refractivity contribution in [2.75, 3.05) is 31.3 Å². The maximum absolute atomic E-state index is 14.4. The number of anilines is 2. The number of aromatic nitrogens is 4. The van der Waals surface area contributed by atoms with Crippen molar-refractivity contribution in [3.63, 3.8) is 0 Å². The molecule has 0 spiro atoms. The largest absolute Gasteiger partial charge is 0.481 e. The van der Waals surface area contributed by atoms with Gasteiger partial charge in [-0.25, -0.2) is 9.97 Å². The molecule has 0 bridgehead atoms. The van der Waals surface area contributed by atoms with Gasteiger partial charge in [0.1, 0.15) is 11.4 Å². The third-order valence-electron chi connectivity index (χ3n) is 6.59. The Hall–Kier alpha value is -5.29. The normalized spacial score (nSPS) is 11.7. The number of rotatable bonds is 9. The number of nitrogen functional groups attached to an aromatic ring is 1. The van der Waals surface area contributed by atoms with E-state index in [1.807, 2.05) is 67.6 Å². The second-order valence-electron chi connectivity index (χ2n) is 9.24. The fourth-order valence-electron chi connectivity index (χ4n) is 4.69. The van der Waals surface area contributed by atoms with Crippen molar-refractivity contribution in [1.82, 2.24) is 24.8 Å². The maximum Gasteiger partial charge on any atom is 0.263 e. The van der Waals surface area contributed by atoms with E-state index in [1.54, 1.807) is 23.9 Å². The SMILES string of the molecule is COc1cc(-c2cccc3cc(C(C)Nc4nc(N)ncc4C(=O)NCCO)n(-c4ccccc4)c(=O)c23)ccn1. The zero-order chi connectivity index (χ0) is 28.9. The van der Waals surface area contributed by atoms with Gasteiger partial charge in [0.25, 0.3) is 11.5 Å². The van der Waals surface area contributed by atoms with E-state index in [0.29, 0.717) is 22.6 Å². The molecule has 0 saturated carbocycles. The molecule has 1 atom stereocenters. The van der Waals surface area contributed by atoms with Gasteiger partial charge in [-0.05, 0) is 47.7 Å². The number of aliphatic hydroxyl groups excluding tert-OH is 1. The summed E-state index contributed by atoms with van der Waals surface area (Å²) in [5.74, 6) is 0.158. The highest BCUT2D eigenvalue weighted by atomic mass is 16.5. The number of ether oxygens (including phenoxy) is 1. The summed E-state index contributed by atoms with van der Waals surface area (Å²) in [6, 6.07) is 20.1. The summed E-state index contributed by atoms with van der Waals surface area (Å²) < 4.78 is 6.96. The number of benzene rings is 2. The van der Waals surface area contributed by atoms with Crippen molar-refractivity contribution in [3.05, 3.63) is 101 Å². The molecule has 11 nitrogen and oxygen atoms in total. The Balaban J connectivity index is 1.68. The van der Waals surface area contributed by atoms with Crippen LogP contribution in [0.15, 0.2) is 83.9 Å². The molecule has 208 valence electrons. The zero-order valence-corrected chi connectivity index (χ0v) is 22.5. The summed E-state index contributed by atoms with van der Waals surface area (Å²) in [6.45, 7) is 1.73. The van der Waals surface area contributed by atoms with Crippen LogP contribution < -0.4 is 26.7 Å². The van der Waals surface area contributed by atoms with Gasteiger partial charge >= 0.3 is 0 Å². The number of aliphatic hydroxyl groups is 1. The van der Waals surface area contributed by atoms with Crippen LogP contribution in [0, 0.1) is 0 Å². The molecule has 1 unspecified atom stereocenters. The van der Waals surface area contributed by atoms with Gasteiger partial charge in [-0.1, -0.05) is 36.4 Å². The molecule has 41 heavy (non-hydrogen) atoms. The Morgan fingerprint density at radius 3 is 2.66 bits per heavy atom. The van der Waals surface area contributed by atoms with E-state index in [1.165, 1.54) is 6.20 Å². The molecule has 5 aromatic rings. The Morgan fingerprint density at radius 2 is 1.90 bits per heavy atom. The fraction of sp³-hybridized carbons (Fsp3) is 0.167. The average Bonchev–Trinajstić information content (AvgIpc) is 3.00. The number of fused-ring (bicyclic) bond motifs is 1. The summed E-state index contributed by atoms with van der Waals surface area (Å²) in [5.41, 5.74) is 8.65. The van der Waals surface area contributed by atoms with E-state index in [9.17, 15) is 9.59 Å². The second-order valence-corrected chi connectivity index (χ2v) is 9.24. The third kappa shape index (κ3) is 5.56. The smallest absolute Gasteiger partial charge is 0.263 e. The molecule has 2 aromatic carbocycles. The monoisotopic (exact) mass is 551 g/mol. The summed E-state index contributed by atoms with van der Waals surface area (Å²) in [4.78, 5) is 39.5. The number of amides is 1. The van der Waals surface area contributed by atoms with Gasteiger partial charge in [-0.15, -0.1) is 0 Å². The van der Waals surface area contributed by atoms with Crippen LogP contribution in [0.4, 0.5) is 11.8 Å². The van der Waals surface area contributed by atoms with Crippen molar-refractivity contribution >= 4 is 28.4 Å². The molecule has 0 radical (unpaired) electrons. The molecule has 3 heterocycles. The minimum absolute atomic E-state index is 0.0187. The highest BCUT2D eigenvalue weighted by Crippen LogP contribution is 2.31. The van der Waals surface area contributed by atoms with Crippen LogP contribution >= 0.6 is 0 Å². The molecule has 0 aliphatic heterocycles. The van der Waals surface area contributed by atoms with Crippen LogP contribution in [-0.4, -0.2) is 50.8 Å².